The number of carbonyl (C=O) groups is 3. The van der Waals surface area contributed by atoms with Crippen LogP contribution < -0.4 is 10.6 Å². The highest BCUT2D eigenvalue weighted by Crippen LogP contribution is 2.41. The van der Waals surface area contributed by atoms with E-state index in [1.165, 1.54) is 4.90 Å². The number of hydrogen-bond donors (Lipinski definition) is 3. The van der Waals surface area contributed by atoms with Gasteiger partial charge in [0.2, 0.25) is 11.8 Å². The van der Waals surface area contributed by atoms with Crippen molar-refractivity contribution in [1.29, 1.82) is 0 Å². The number of imide groups is 1. The fourth-order valence-electron chi connectivity index (χ4n) is 6.87. The zero-order valence-corrected chi connectivity index (χ0v) is 23.8. The molecule has 3 N–H and O–H groups in total. The first kappa shape index (κ1) is 27.0. The summed E-state index contributed by atoms with van der Waals surface area (Å²) in [6, 6.07) is 4.43. The molecular formula is C30H34FN7O4. The second-order valence-electron chi connectivity index (χ2n) is 12.4. The number of piperidine rings is 1. The van der Waals surface area contributed by atoms with Crippen molar-refractivity contribution in [3.05, 3.63) is 40.7 Å². The van der Waals surface area contributed by atoms with Crippen molar-refractivity contribution in [3.8, 4) is 11.3 Å². The third-order valence-electron chi connectivity index (χ3n) is 9.02. The van der Waals surface area contributed by atoms with E-state index in [4.69, 9.17) is 9.72 Å². The predicted molar refractivity (Wildman–Crippen MR) is 152 cm³/mol. The molecule has 4 aliphatic heterocycles. The summed E-state index contributed by atoms with van der Waals surface area (Å²) in [5.41, 5.74) is 3.96. The van der Waals surface area contributed by atoms with E-state index in [1.54, 1.807) is 12.1 Å². The Morgan fingerprint density at radius 1 is 1.17 bits per heavy atom. The van der Waals surface area contributed by atoms with Gasteiger partial charge in [0.05, 0.1) is 17.8 Å². The lowest BCUT2D eigenvalue weighted by atomic mass is 9.73. The number of pyridine rings is 1. The molecule has 42 heavy (non-hydrogen) atoms. The van der Waals surface area contributed by atoms with E-state index in [-0.39, 0.29) is 48.0 Å². The van der Waals surface area contributed by atoms with Crippen LogP contribution in [0.5, 0.6) is 0 Å². The number of H-pyrrole nitrogens is 1. The third-order valence-corrected chi connectivity index (χ3v) is 9.02. The van der Waals surface area contributed by atoms with Gasteiger partial charge in [-0.1, -0.05) is 0 Å². The first-order valence-electron chi connectivity index (χ1n) is 14.6. The molecule has 3 fully saturated rings. The number of nitrogens with zero attached hydrogens (tertiary/aromatic N) is 4. The van der Waals surface area contributed by atoms with E-state index in [0.29, 0.717) is 29.0 Å². The largest absolute Gasteiger partial charge is 0.381 e. The van der Waals surface area contributed by atoms with Crippen LogP contribution in [0.25, 0.3) is 22.3 Å². The molecule has 0 radical (unpaired) electrons. The summed E-state index contributed by atoms with van der Waals surface area (Å²) in [5, 5.41) is 13.3. The molecule has 12 heteroatoms. The molecule has 1 spiro atoms. The van der Waals surface area contributed by atoms with Crippen LogP contribution in [-0.2, 0) is 27.4 Å². The molecule has 0 aliphatic carbocycles. The molecule has 7 rings (SSSR count). The van der Waals surface area contributed by atoms with Gasteiger partial charge in [-0.15, -0.1) is 0 Å². The number of ether oxygens (including phenoxy) is 1. The minimum absolute atomic E-state index is 0.0410. The lowest BCUT2D eigenvalue weighted by molar-refractivity contribution is -0.136. The lowest BCUT2D eigenvalue weighted by Crippen LogP contribution is -2.57. The molecular weight excluding hydrogens is 541 g/mol. The Morgan fingerprint density at radius 3 is 2.67 bits per heavy atom. The highest BCUT2D eigenvalue weighted by atomic mass is 19.1. The topological polar surface area (TPSA) is 133 Å². The number of aromatic nitrogens is 3. The molecule has 0 saturated carbocycles. The van der Waals surface area contributed by atoms with E-state index < -0.39 is 23.7 Å². The van der Waals surface area contributed by atoms with Gasteiger partial charge in [-0.25, -0.2) is 9.37 Å². The van der Waals surface area contributed by atoms with Crippen LogP contribution in [0.1, 0.15) is 61.0 Å². The average Bonchev–Trinajstić information content (AvgIpc) is 3.49. The maximum atomic E-state index is 16.2. The number of hydrogen-bond acceptors (Lipinski definition) is 8. The summed E-state index contributed by atoms with van der Waals surface area (Å²) in [4.78, 5) is 45.9. The zero-order valence-electron chi connectivity index (χ0n) is 23.8. The van der Waals surface area contributed by atoms with Gasteiger partial charge in [-0.2, -0.15) is 5.10 Å². The first-order chi connectivity index (χ1) is 20.2. The summed E-state index contributed by atoms with van der Waals surface area (Å²) >= 11 is 0. The number of carbonyl (C=O) groups excluding carboxylic acids is 3. The highest BCUT2D eigenvalue weighted by Gasteiger charge is 2.44. The normalized spacial score (nSPS) is 22.1. The number of amides is 3. The maximum Gasteiger partial charge on any atom is 0.255 e. The van der Waals surface area contributed by atoms with Crippen LogP contribution in [0.4, 0.5) is 10.2 Å². The van der Waals surface area contributed by atoms with Gasteiger partial charge in [-0.05, 0) is 56.9 Å². The van der Waals surface area contributed by atoms with E-state index in [1.807, 2.05) is 19.9 Å². The second-order valence-corrected chi connectivity index (χ2v) is 12.4. The van der Waals surface area contributed by atoms with Crippen molar-refractivity contribution < 1.29 is 23.5 Å². The minimum Gasteiger partial charge on any atom is -0.381 e. The summed E-state index contributed by atoms with van der Waals surface area (Å²) in [6.07, 6.45) is 2.50. The Kier molecular flexibility index (Phi) is 6.50. The monoisotopic (exact) mass is 575 g/mol. The SMILES string of the molecule is CC(C)Nc1n[nH]c2c(CN3CC4(CCOCC4)C3)cc(-c3ccc4c(c3F)CN(C3CCC(=O)NC3=O)C4=O)nc12. The van der Waals surface area contributed by atoms with Gasteiger partial charge in [0, 0.05) is 67.4 Å². The Hall–Kier alpha value is -3.90. The number of nitrogens with one attached hydrogen (secondary N) is 3. The van der Waals surface area contributed by atoms with E-state index >= 15 is 4.39 Å². The van der Waals surface area contributed by atoms with Crippen molar-refractivity contribution >= 4 is 34.6 Å². The predicted octanol–water partition coefficient (Wildman–Crippen LogP) is 2.96. The van der Waals surface area contributed by atoms with E-state index in [2.05, 4.69) is 25.7 Å². The third kappa shape index (κ3) is 4.53. The number of rotatable bonds is 6. The van der Waals surface area contributed by atoms with E-state index in [0.717, 1.165) is 50.2 Å². The highest BCUT2D eigenvalue weighted by molar-refractivity contribution is 6.05. The second kappa shape index (κ2) is 10.1. The standard InChI is InChI=1S/C30H34FN7O4/c1-16(2)32-27-26-25(35-36-27)17(12-37-14-30(15-37)7-9-42-10-8-30)11-21(33-26)19-4-3-18-20(24(19)31)13-38(29(18)41)22-5-6-23(39)34-28(22)40/h3-4,11,16,22H,5-10,12-15H2,1-2H3,(H2,32,35,36)(H,34,39,40). The molecule has 3 aromatic rings. The van der Waals surface area contributed by atoms with Gasteiger partial charge in [0.15, 0.2) is 5.82 Å². The van der Waals surface area contributed by atoms with Crippen molar-refractivity contribution in [2.45, 2.75) is 64.7 Å². The van der Waals surface area contributed by atoms with Gasteiger partial charge >= 0.3 is 0 Å². The Balaban J connectivity index is 1.23. The molecule has 220 valence electrons. The molecule has 1 unspecified atom stereocenters. The summed E-state index contributed by atoms with van der Waals surface area (Å²) in [6.45, 7) is 8.27. The first-order valence-corrected chi connectivity index (χ1v) is 14.6. The number of halogens is 1. The number of benzene rings is 1. The van der Waals surface area contributed by atoms with Crippen LogP contribution in [0.15, 0.2) is 18.2 Å². The Labute approximate surface area is 242 Å². The number of anilines is 1. The van der Waals surface area contributed by atoms with Crippen molar-refractivity contribution in [1.82, 2.24) is 30.3 Å². The van der Waals surface area contributed by atoms with Gasteiger partial charge < -0.3 is 15.0 Å². The zero-order chi connectivity index (χ0) is 29.2. The Bertz CT molecular complexity index is 1600. The molecule has 1 aromatic carbocycles. The maximum absolute atomic E-state index is 16.2. The van der Waals surface area contributed by atoms with Gasteiger partial charge in [0.25, 0.3) is 5.91 Å². The fourth-order valence-corrected chi connectivity index (χ4v) is 6.87. The molecule has 3 saturated heterocycles. The number of aromatic amines is 1. The van der Waals surface area contributed by atoms with Crippen molar-refractivity contribution in [2.75, 3.05) is 31.6 Å². The van der Waals surface area contributed by atoms with Crippen LogP contribution >= 0.6 is 0 Å². The summed E-state index contributed by atoms with van der Waals surface area (Å²) in [5.74, 6) is -1.22. The number of fused-ring (bicyclic) bond motifs is 2. The quantitative estimate of drug-likeness (QED) is 0.382. The average molecular weight is 576 g/mol. The van der Waals surface area contributed by atoms with Crippen molar-refractivity contribution in [2.24, 2.45) is 5.41 Å². The van der Waals surface area contributed by atoms with Crippen LogP contribution in [0.2, 0.25) is 0 Å². The van der Waals surface area contributed by atoms with E-state index in [9.17, 15) is 14.4 Å². The summed E-state index contributed by atoms with van der Waals surface area (Å²) < 4.78 is 21.8. The molecule has 11 nitrogen and oxygen atoms in total. The lowest BCUT2D eigenvalue weighted by Gasteiger charge is -2.52. The van der Waals surface area contributed by atoms with Crippen LogP contribution in [0, 0.1) is 11.2 Å². The van der Waals surface area contributed by atoms with Gasteiger partial charge in [0.1, 0.15) is 17.4 Å². The molecule has 4 aliphatic rings. The van der Waals surface area contributed by atoms with Crippen LogP contribution in [0.3, 0.4) is 0 Å². The Morgan fingerprint density at radius 2 is 1.93 bits per heavy atom. The smallest absolute Gasteiger partial charge is 0.255 e. The molecule has 6 heterocycles. The minimum atomic E-state index is -0.808. The molecule has 2 aromatic heterocycles. The van der Waals surface area contributed by atoms with Crippen LogP contribution in [-0.4, -0.2) is 81.1 Å². The van der Waals surface area contributed by atoms with Crippen molar-refractivity contribution in [3.63, 3.8) is 0 Å². The van der Waals surface area contributed by atoms with Gasteiger partial charge in [-0.3, -0.25) is 29.7 Å². The number of likely N-dealkylation sites (tertiary alicyclic amines) is 1. The summed E-state index contributed by atoms with van der Waals surface area (Å²) in [7, 11) is 0. The fraction of sp³-hybridized carbons (Fsp3) is 0.500. The molecule has 3 amide bonds. The molecule has 0 bridgehead atoms. The molecule has 1 atom stereocenters.